The molecular weight excluding hydrogens is 269 g/mol. The summed E-state index contributed by atoms with van der Waals surface area (Å²) in [5.74, 6) is -0.138. The summed E-state index contributed by atoms with van der Waals surface area (Å²) in [5, 5.41) is 3.32. The van der Waals surface area contributed by atoms with Crippen molar-refractivity contribution >= 4 is 11.4 Å². The minimum atomic E-state index is -0.404. The fourth-order valence-electron chi connectivity index (χ4n) is 2.61. The van der Waals surface area contributed by atoms with Crippen LogP contribution in [0.3, 0.4) is 0 Å². The standard InChI is InChI=1S/C16H26FN3O/c1-3-8-21-16-10-15(14(18)9-13(16)17)19-11-12(2)20-6-4-5-7-20/h9-10,12,19H,3-8,11,18H2,1-2H3. The Morgan fingerprint density at radius 1 is 1.38 bits per heavy atom. The van der Waals surface area contributed by atoms with Crippen molar-refractivity contribution < 1.29 is 9.13 Å². The normalized spacial score (nSPS) is 16.9. The van der Waals surface area contributed by atoms with E-state index in [2.05, 4.69) is 17.1 Å². The van der Waals surface area contributed by atoms with E-state index in [4.69, 9.17) is 10.5 Å². The molecule has 1 saturated heterocycles. The van der Waals surface area contributed by atoms with Crippen molar-refractivity contribution in [2.45, 2.75) is 39.2 Å². The van der Waals surface area contributed by atoms with Crippen LogP contribution in [-0.2, 0) is 0 Å². The van der Waals surface area contributed by atoms with Crippen LogP contribution >= 0.6 is 0 Å². The third-order valence-corrected chi connectivity index (χ3v) is 3.92. The number of nitrogen functional groups attached to an aromatic ring is 1. The van der Waals surface area contributed by atoms with Gasteiger partial charge in [-0.3, -0.25) is 4.90 Å². The Morgan fingerprint density at radius 3 is 2.76 bits per heavy atom. The summed E-state index contributed by atoms with van der Waals surface area (Å²) in [4.78, 5) is 2.46. The molecule has 0 aliphatic carbocycles. The van der Waals surface area contributed by atoms with E-state index in [9.17, 15) is 4.39 Å². The molecule has 1 atom stereocenters. The average molecular weight is 295 g/mol. The zero-order valence-corrected chi connectivity index (χ0v) is 13.0. The Morgan fingerprint density at radius 2 is 2.10 bits per heavy atom. The van der Waals surface area contributed by atoms with E-state index in [0.29, 0.717) is 18.3 Å². The van der Waals surface area contributed by atoms with Gasteiger partial charge in [0, 0.05) is 24.7 Å². The van der Waals surface area contributed by atoms with Crippen LogP contribution in [-0.4, -0.2) is 37.2 Å². The van der Waals surface area contributed by atoms with Gasteiger partial charge in [0.1, 0.15) is 0 Å². The van der Waals surface area contributed by atoms with Crippen LogP contribution < -0.4 is 15.8 Å². The molecule has 1 fully saturated rings. The third-order valence-electron chi connectivity index (χ3n) is 3.92. The molecule has 0 spiro atoms. The highest BCUT2D eigenvalue weighted by Gasteiger charge is 2.18. The Balaban J connectivity index is 1.97. The van der Waals surface area contributed by atoms with E-state index in [1.165, 1.54) is 18.9 Å². The molecule has 3 N–H and O–H groups in total. The molecule has 0 saturated carbocycles. The largest absolute Gasteiger partial charge is 0.490 e. The second-order valence-electron chi connectivity index (χ2n) is 5.69. The number of ether oxygens (including phenoxy) is 1. The summed E-state index contributed by atoms with van der Waals surface area (Å²) in [6.45, 7) is 7.81. The van der Waals surface area contributed by atoms with E-state index in [0.717, 1.165) is 31.7 Å². The molecule has 0 radical (unpaired) electrons. The topological polar surface area (TPSA) is 50.5 Å². The highest BCUT2D eigenvalue weighted by molar-refractivity contribution is 5.68. The molecule has 0 amide bonds. The second kappa shape index (κ2) is 7.50. The lowest BCUT2D eigenvalue weighted by Gasteiger charge is -2.24. The smallest absolute Gasteiger partial charge is 0.167 e. The van der Waals surface area contributed by atoms with E-state index >= 15 is 0 Å². The van der Waals surface area contributed by atoms with Crippen LogP contribution in [0.2, 0.25) is 0 Å². The molecule has 1 aliphatic rings. The number of hydrogen-bond donors (Lipinski definition) is 2. The molecule has 0 aromatic heterocycles. The van der Waals surface area contributed by atoms with E-state index in [-0.39, 0.29) is 5.75 Å². The molecule has 5 heteroatoms. The van der Waals surface area contributed by atoms with Gasteiger partial charge in [0.05, 0.1) is 18.0 Å². The van der Waals surface area contributed by atoms with Crippen LogP contribution in [0.25, 0.3) is 0 Å². The van der Waals surface area contributed by atoms with Crippen molar-refractivity contribution in [3.05, 3.63) is 17.9 Å². The summed E-state index contributed by atoms with van der Waals surface area (Å²) in [6.07, 6.45) is 3.40. The zero-order chi connectivity index (χ0) is 15.2. The highest BCUT2D eigenvalue weighted by Crippen LogP contribution is 2.28. The van der Waals surface area contributed by atoms with Crippen molar-refractivity contribution in [2.24, 2.45) is 0 Å². The third kappa shape index (κ3) is 4.24. The minimum absolute atomic E-state index is 0.266. The molecule has 118 valence electrons. The first-order chi connectivity index (χ1) is 10.1. The van der Waals surface area contributed by atoms with Crippen molar-refractivity contribution in [3.8, 4) is 5.75 Å². The molecule has 0 bridgehead atoms. The van der Waals surface area contributed by atoms with Crippen LogP contribution in [0.15, 0.2) is 12.1 Å². The lowest BCUT2D eigenvalue weighted by Crippen LogP contribution is -2.35. The molecule has 2 rings (SSSR count). The summed E-state index contributed by atoms with van der Waals surface area (Å²) >= 11 is 0. The summed E-state index contributed by atoms with van der Waals surface area (Å²) in [6, 6.07) is 3.43. The first kappa shape index (κ1) is 15.9. The maximum Gasteiger partial charge on any atom is 0.167 e. The molecule has 21 heavy (non-hydrogen) atoms. The second-order valence-corrected chi connectivity index (χ2v) is 5.69. The SMILES string of the molecule is CCCOc1cc(NCC(C)N2CCCC2)c(N)cc1F. The molecule has 1 aromatic rings. The number of anilines is 2. The highest BCUT2D eigenvalue weighted by atomic mass is 19.1. The molecule has 4 nitrogen and oxygen atoms in total. The monoisotopic (exact) mass is 295 g/mol. The number of hydrogen-bond acceptors (Lipinski definition) is 4. The predicted molar refractivity (Wildman–Crippen MR) is 85.4 cm³/mol. The minimum Gasteiger partial charge on any atom is -0.490 e. The fourth-order valence-corrected chi connectivity index (χ4v) is 2.61. The van der Waals surface area contributed by atoms with Gasteiger partial charge >= 0.3 is 0 Å². The van der Waals surface area contributed by atoms with Crippen LogP contribution in [0.1, 0.15) is 33.1 Å². The lowest BCUT2D eigenvalue weighted by atomic mass is 10.2. The van der Waals surface area contributed by atoms with Crippen molar-refractivity contribution in [2.75, 3.05) is 37.3 Å². The van der Waals surface area contributed by atoms with E-state index in [1.807, 2.05) is 6.92 Å². The number of nitrogens with zero attached hydrogens (tertiary/aromatic N) is 1. The number of likely N-dealkylation sites (tertiary alicyclic amines) is 1. The molecule has 1 unspecified atom stereocenters. The Hall–Kier alpha value is -1.49. The van der Waals surface area contributed by atoms with Gasteiger partial charge in [0.25, 0.3) is 0 Å². The number of nitrogens with one attached hydrogen (secondary N) is 1. The average Bonchev–Trinajstić information content (AvgIpc) is 2.99. The van der Waals surface area contributed by atoms with Gasteiger partial charge in [-0.05, 0) is 39.3 Å². The molecule has 1 aliphatic heterocycles. The van der Waals surface area contributed by atoms with Crippen LogP contribution in [0.4, 0.5) is 15.8 Å². The van der Waals surface area contributed by atoms with Gasteiger partial charge in [0.2, 0.25) is 0 Å². The quantitative estimate of drug-likeness (QED) is 0.759. The molecule has 1 aromatic carbocycles. The maximum atomic E-state index is 13.8. The first-order valence-electron chi connectivity index (χ1n) is 7.81. The van der Waals surface area contributed by atoms with Crippen molar-refractivity contribution in [3.63, 3.8) is 0 Å². The Bertz CT molecular complexity index is 461. The first-order valence-corrected chi connectivity index (χ1v) is 7.81. The lowest BCUT2D eigenvalue weighted by molar-refractivity contribution is 0.269. The number of nitrogens with two attached hydrogens (primary N) is 1. The van der Waals surface area contributed by atoms with E-state index in [1.54, 1.807) is 6.07 Å². The van der Waals surface area contributed by atoms with Gasteiger partial charge in [-0.25, -0.2) is 4.39 Å². The zero-order valence-electron chi connectivity index (χ0n) is 13.0. The van der Waals surface area contributed by atoms with Crippen molar-refractivity contribution in [1.82, 2.24) is 4.90 Å². The van der Waals surface area contributed by atoms with Crippen LogP contribution in [0.5, 0.6) is 5.75 Å². The summed E-state index contributed by atoms with van der Waals surface area (Å²) in [5.41, 5.74) is 7.05. The number of benzene rings is 1. The van der Waals surface area contributed by atoms with Crippen LogP contribution in [0, 0.1) is 5.82 Å². The van der Waals surface area contributed by atoms with Crippen molar-refractivity contribution in [1.29, 1.82) is 0 Å². The van der Waals surface area contributed by atoms with Gasteiger partial charge in [-0.1, -0.05) is 6.92 Å². The predicted octanol–water partition coefficient (Wildman–Crippen LogP) is 3.09. The maximum absolute atomic E-state index is 13.8. The van der Waals surface area contributed by atoms with Gasteiger partial charge in [-0.15, -0.1) is 0 Å². The van der Waals surface area contributed by atoms with Gasteiger partial charge < -0.3 is 15.8 Å². The van der Waals surface area contributed by atoms with E-state index < -0.39 is 5.82 Å². The Labute approximate surface area is 126 Å². The van der Waals surface area contributed by atoms with Gasteiger partial charge in [0.15, 0.2) is 11.6 Å². The van der Waals surface area contributed by atoms with Gasteiger partial charge in [-0.2, -0.15) is 0 Å². The number of halogens is 1. The fraction of sp³-hybridized carbons (Fsp3) is 0.625. The molecular formula is C16H26FN3O. The number of rotatable bonds is 7. The molecule has 1 heterocycles. The summed E-state index contributed by atoms with van der Waals surface area (Å²) < 4.78 is 19.2. The summed E-state index contributed by atoms with van der Waals surface area (Å²) in [7, 11) is 0. The Kier molecular flexibility index (Phi) is 5.67.